The van der Waals surface area contributed by atoms with Crippen molar-refractivity contribution in [1.29, 1.82) is 0 Å². The van der Waals surface area contributed by atoms with Gasteiger partial charge < -0.3 is 5.32 Å². The number of anilines is 1. The molecule has 2 N–H and O–H groups in total. The third kappa shape index (κ3) is 4.80. The highest BCUT2D eigenvalue weighted by atomic mass is 32.2. The first-order chi connectivity index (χ1) is 12.0. The van der Waals surface area contributed by atoms with E-state index in [9.17, 15) is 8.42 Å². The Bertz CT molecular complexity index is 707. The van der Waals surface area contributed by atoms with Crippen molar-refractivity contribution < 1.29 is 8.42 Å². The summed E-state index contributed by atoms with van der Waals surface area (Å²) in [6, 6.07) is 6.79. The van der Waals surface area contributed by atoms with E-state index in [2.05, 4.69) is 49.0 Å². The van der Waals surface area contributed by atoms with Gasteiger partial charge in [-0.3, -0.25) is 0 Å². The van der Waals surface area contributed by atoms with Gasteiger partial charge in [-0.25, -0.2) is 13.1 Å². The molecule has 1 aliphatic rings. The smallest absolute Gasteiger partial charge is 0.216 e. The summed E-state index contributed by atoms with van der Waals surface area (Å²) in [7, 11) is -3.22. The Morgan fingerprint density at radius 3 is 2.19 bits per heavy atom. The molecule has 0 saturated heterocycles. The third-order valence-electron chi connectivity index (χ3n) is 5.93. The quantitative estimate of drug-likeness (QED) is 0.634. The monoisotopic (exact) mass is 380 g/mol. The molecule has 3 atom stereocenters. The van der Waals surface area contributed by atoms with Gasteiger partial charge in [0, 0.05) is 18.8 Å². The molecule has 0 saturated carbocycles. The van der Waals surface area contributed by atoms with Gasteiger partial charge in [0.05, 0.1) is 4.75 Å². The Morgan fingerprint density at radius 1 is 0.923 bits per heavy atom. The largest absolute Gasteiger partial charge is 0.385 e. The van der Waals surface area contributed by atoms with Crippen LogP contribution in [0.2, 0.25) is 0 Å². The summed E-state index contributed by atoms with van der Waals surface area (Å²) in [5.41, 5.74) is 4.19. The van der Waals surface area contributed by atoms with Crippen LogP contribution in [0.15, 0.2) is 18.2 Å². The van der Waals surface area contributed by atoms with Crippen molar-refractivity contribution in [3.8, 4) is 0 Å². The molecule has 0 heterocycles. The Balaban J connectivity index is 1.70. The van der Waals surface area contributed by atoms with E-state index in [-0.39, 0.29) is 0 Å². The fourth-order valence-electron chi connectivity index (χ4n) is 3.58. The molecule has 4 nitrogen and oxygen atoms in total. The van der Waals surface area contributed by atoms with Crippen LogP contribution in [0.4, 0.5) is 5.69 Å². The van der Waals surface area contributed by atoms with Gasteiger partial charge in [0.15, 0.2) is 0 Å². The lowest BCUT2D eigenvalue weighted by molar-refractivity contribution is 0.464. The molecule has 148 valence electrons. The van der Waals surface area contributed by atoms with Crippen LogP contribution in [0.5, 0.6) is 0 Å². The number of benzene rings is 1. The summed E-state index contributed by atoms with van der Waals surface area (Å²) < 4.78 is 25.9. The minimum atomic E-state index is -3.22. The fourth-order valence-corrected chi connectivity index (χ4v) is 4.42. The van der Waals surface area contributed by atoms with Gasteiger partial charge in [-0.05, 0) is 74.6 Å². The lowest BCUT2D eigenvalue weighted by Crippen LogP contribution is -2.39. The lowest BCUT2D eigenvalue weighted by Gasteiger charge is -2.19. The van der Waals surface area contributed by atoms with E-state index in [0.29, 0.717) is 24.3 Å². The van der Waals surface area contributed by atoms with Crippen LogP contribution in [0.25, 0.3) is 0 Å². The predicted molar refractivity (Wildman–Crippen MR) is 111 cm³/mol. The van der Waals surface area contributed by atoms with E-state index in [1.165, 1.54) is 16.8 Å². The molecule has 1 aromatic carbocycles. The topological polar surface area (TPSA) is 58.2 Å². The highest BCUT2D eigenvalue weighted by Gasteiger charge is 2.32. The summed E-state index contributed by atoms with van der Waals surface area (Å²) in [5.74, 6) is 1.97. The highest BCUT2D eigenvalue weighted by molar-refractivity contribution is 7.90. The molecule has 0 aliphatic heterocycles. The molecule has 2 rings (SSSR count). The second-order valence-corrected chi connectivity index (χ2v) is 11.3. The van der Waals surface area contributed by atoms with Crippen molar-refractivity contribution >= 4 is 15.7 Å². The first-order valence-electron chi connectivity index (χ1n) is 9.91. The summed E-state index contributed by atoms with van der Waals surface area (Å²) in [4.78, 5) is 0. The molecule has 0 aromatic heterocycles. The predicted octanol–water partition coefficient (Wildman–Crippen LogP) is 4.84. The van der Waals surface area contributed by atoms with Crippen molar-refractivity contribution in [2.75, 3.05) is 18.4 Å². The zero-order valence-electron chi connectivity index (χ0n) is 17.2. The van der Waals surface area contributed by atoms with E-state index in [1.54, 1.807) is 20.8 Å². The number of unbranched alkanes of at least 4 members (excludes halogenated alkanes) is 2. The molecule has 1 aliphatic carbocycles. The van der Waals surface area contributed by atoms with Crippen molar-refractivity contribution in [2.45, 2.75) is 77.4 Å². The maximum absolute atomic E-state index is 12.0. The SMILES string of the molecule is CC1c2ccc(NCCCCCNS(=O)(=O)C(C)(C)C)cc2C(C)C1C. The first-order valence-corrected chi connectivity index (χ1v) is 11.4. The maximum atomic E-state index is 12.0. The average molecular weight is 381 g/mol. The van der Waals surface area contributed by atoms with Gasteiger partial charge >= 0.3 is 0 Å². The van der Waals surface area contributed by atoms with Gasteiger partial charge in [-0.15, -0.1) is 0 Å². The van der Waals surface area contributed by atoms with Crippen molar-refractivity contribution in [3.63, 3.8) is 0 Å². The van der Waals surface area contributed by atoms with Crippen LogP contribution in [0, 0.1) is 5.92 Å². The lowest BCUT2D eigenvalue weighted by atomic mass is 9.91. The Morgan fingerprint density at radius 2 is 1.54 bits per heavy atom. The molecule has 3 unspecified atom stereocenters. The number of hydrogen-bond acceptors (Lipinski definition) is 3. The Labute approximate surface area is 160 Å². The van der Waals surface area contributed by atoms with Crippen LogP contribution in [0.1, 0.15) is 83.8 Å². The van der Waals surface area contributed by atoms with Gasteiger partial charge in [0.2, 0.25) is 10.0 Å². The van der Waals surface area contributed by atoms with Crippen molar-refractivity contribution in [1.82, 2.24) is 4.72 Å². The number of rotatable bonds is 8. The van der Waals surface area contributed by atoms with Gasteiger partial charge in [0.25, 0.3) is 0 Å². The van der Waals surface area contributed by atoms with Crippen molar-refractivity contribution in [3.05, 3.63) is 29.3 Å². The molecule has 26 heavy (non-hydrogen) atoms. The van der Waals surface area contributed by atoms with Crippen molar-refractivity contribution in [2.24, 2.45) is 5.92 Å². The summed E-state index contributed by atoms with van der Waals surface area (Å²) >= 11 is 0. The highest BCUT2D eigenvalue weighted by Crippen LogP contribution is 2.46. The first kappa shape index (κ1) is 21.2. The van der Waals surface area contributed by atoms with E-state index in [4.69, 9.17) is 0 Å². The van der Waals surface area contributed by atoms with E-state index >= 15 is 0 Å². The molecule has 0 fully saturated rings. The zero-order chi connectivity index (χ0) is 19.5. The average Bonchev–Trinajstić information content (AvgIpc) is 2.77. The third-order valence-corrected chi connectivity index (χ3v) is 8.12. The fraction of sp³-hybridized carbons (Fsp3) is 0.714. The Hall–Kier alpha value is -1.07. The van der Waals surface area contributed by atoms with Gasteiger partial charge in [0.1, 0.15) is 0 Å². The van der Waals surface area contributed by atoms with E-state index in [1.807, 2.05) is 0 Å². The van der Waals surface area contributed by atoms with Crippen LogP contribution >= 0.6 is 0 Å². The molecule has 0 bridgehead atoms. The van der Waals surface area contributed by atoms with Gasteiger partial charge in [-0.1, -0.05) is 33.3 Å². The van der Waals surface area contributed by atoms with E-state index < -0.39 is 14.8 Å². The summed E-state index contributed by atoms with van der Waals surface area (Å²) in [6.45, 7) is 13.6. The second-order valence-electron chi connectivity index (χ2n) is 8.78. The standard InChI is InChI=1S/C21H36N2O2S/c1-15-16(2)19-11-10-18(14-20(19)17(15)3)22-12-8-7-9-13-23-26(24,25)21(4,5)6/h10-11,14-17,22-23H,7-9,12-13H2,1-6H3. The second kappa shape index (κ2) is 8.30. The number of nitrogens with one attached hydrogen (secondary N) is 2. The van der Waals surface area contributed by atoms with Crippen LogP contribution < -0.4 is 10.0 Å². The normalized spacial score (nSPS) is 23.1. The minimum Gasteiger partial charge on any atom is -0.385 e. The Kier molecular flexibility index (Phi) is 6.78. The zero-order valence-corrected chi connectivity index (χ0v) is 18.0. The molecule has 0 radical (unpaired) electrons. The van der Waals surface area contributed by atoms with Crippen LogP contribution in [0.3, 0.4) is 0 Å². The number of sulfonamides is 1. The molecule has 0 amide bonds. The molecular formula is C21H36N2O2S. The maximum Gasteiger partial charge on any atom is 0.216 e. The summed E-state index contributed by atoms with van der Waals surface area (Å²) in [6.07, 6.45) is 2.92. The number of fused-ring (bicyclic) bond motifs is 1. The molecular weight excluding hydrogens is 344 g/mol. The summed E-state index contributed by atoms with van der Waals surface area (Å²) in [5, 5.41) is 3.52. The van der Waals surface area contributed by atoms with Crippen LogP contribution in [-0.2, 0) is 10.0 Å². The minimum absolute atomic E-state index is 0.520. The van der Waals surface area contributed by atoms with Gasteiger partial charge in [-0.2, -0.15) is 0 Å². The molecule has 1 aromatic rings. The molecule has 0 spiro atoms. The number of hydrogen-bond donors (Lipinski definition) is 2. The van der Waals surface area contributed by atoms with E-state index in [0.717, 1.165) is 25.8 Å². The molecule has 5 heteroatoms. The van der Waals surface area contributed by atoms with Crippen LogP contribution in [-0.4, -0.2) is 26.3 Å².